The van der Waals surface area contributed by atoms with Crippen LogP contribution in [0, 0.1) is 0 Å². The van der Waals surface area contributed by atoms with Crippen molar-refractivity contribution in [2.75, 3.05) is 6.61 Å². The van der Waals surface area contributed by atoms with E-state index in [1.54, 1.807) is 0 Å². The van der Waals surface area contributed by atoms with Gasteiger partial charge >= 0.3 is 11.9 Å². The lowest BCUT2D eigenvalue weighted by atomic mass is 9.86. The van der Waals surface area contributed by atoms with Gasteiger partial charge in [-0.15, -0.1) is 0 Å². The molecule has 0 radical (unpaired) electrons. The van der Waals surface area contributed by atoms with Crippen LogP contribution in [0.3, 0.4) is 0 Å². The summed E-state index contributed by atoms with van der Waals surface area (Å²) in [5, 5.41) is 2.05. The van der Waals surface area contributed by atoms with E-state index >= 15 is 0 Å². The predicted octanol–water partition coefficient (Wildman–Crippen LogP) is 4.47. The van der Waals surface area contributed by atoms with Gasteiger partial charge in [-0.3, -0.25) is 9.59 Å². The SMILES string of the molecule is CC(=O)OC1C[C@]2(c3ccccc3)O[C@H](CO[Si](c3ccccc3)(c3ccccc3)C(C)(C)C)[C@@H](OC(C)=O)[C@H]2O1. The lowest BCUT2D eigenvalue weighted by Crippen LogP contribution is -2.67. The van der Waals surface area contributed by atoms with Gasteiger partial charge in [0, 0.05) is 20.3 Å². The summed E-state index contributed by atoms with van der Waals surface area (Å²) >= 11 is 0. The zero-order chi connectivity index (χ0) is 29.3. The van der Waals surface area contributed by atoms with Crippen LogP contribution in [-0.4, -0.2) is 51.5 Å². The molecule has 0 aromatic heterocycles. The molecular weight excluding hydrogens is 536 g/mol. The molecule has 2 fully saturated rings. The van der Waals surface area contributed by atoms with Crippen LogP contribution in [0.1, 0.15) is 46.6 Å². The van der Waals surface area contributed by atoms with Crippen LogP contribution < -0.4 is 10.4 Å². The third-order valence-corrected chi connectivity index (χ3v) is 13.0. The number of benzene rings is 3. The van der Waals surface area contributed by atoms with Crippen molar-refractivity contribution in [3.8, 4) is 0 Å². The number of hydrogen-bond acceptors (Lipinski definition) is 7. The van der Waals surface area contributed by atoms with Crippen LogP contribution in [0.4, 0.5) is 0 Å². The molecule has 5 rings (SSSR count). The quantitative estimate of drug-likeness (QED) is 0.290. The number of fused-ring (bicyclic) bond motifs is 1. The summed E-state index contributed by atoms with van der Waals surface area (Å²) in [6, 6.07) is 30.4. The Labute approximate surface area is 242 Å². The highest BCUT2D eigenvalue weighted by Crippen LogP contribution is 2.52. The number of ether oxygens (including phenoxy) is 4. The highest BCUT2D eigenvalue weighted by atomic mass is 28.4. The first kappa shape index (κ1) is 29.2. The largest absolute Gasteiger partial charge is 0.457 e. The van der Waals surface area contributed by atoms with Crippen molar-refractivity contribution in [1.29, 1.82) is 0 Å². The van der Waals surface area contributed by atoms with Crippen molar-refractivity contribution < 1.29 is 33.0 Å². The highest BCUT2D eigenvalue weighted by Gasteiger charge is 2.65. The molecule has 3 aromatic rings. The van der Waals surface area contributed by atoms with Crippen LogP contribution in [0.25, 0.3) is 0 Å². The number of rotatable bonds is 8. The minimum Gasteiger partial charge on any atom is -0.457 e. The van der Waals surface area contributed by atoms with E-state index < -0.39 is 50.5 Å². The molecule has 2 aliphatic rings. The first-order valence-corrected chi connectivity index (χ1v) is 16.0. The third-order valence-electron chi connectivity index (χ3n) is 8.00. The molecule has 0 saturated carbocycles. The number of carbonyl (C=O) groups is 2. The van der Waals surface area contributed by atoms with Crippen LogP contribution in [0.5, 0.6) is 0 Å². The smallest absolute Gasteiger partial charge is 0.304 e. The number of carbonyl (C=O) groups excluding carboxylic acids is 2. The van der Waals surface area contributed by atoms with Crippen LogP contribution >= 0.6 is 0 Å². The zero-order valence-electron chi connectivity index (χ0n) is 24.2. The van der Waals surface area contributed by atoms with Gasteiger partial charge in [-0.2, -0.15) is 0 Å². The fourth-order valence-electron chi connectivity index (χ4n) is 6.43. The van der Waals surface area contributed by atoms with E-state index in [9.17, 15) is 9.59 Å². The Morgan fingerprint density at radius 1 is 0.829 bits per heavy atom. The van der Waals surface area contributed by atoms with Gasteiger partial charge in [0.05, 0.1) is 6.61 Å². The lowest BCUT2D eigenvalue weighted by Gasteiger charge is -2.43. The molecular formula is C33H38O7Si. The second kappa shape index (κ2) is 11.5. The van der Waals surface area contributed by atoms with Crippen molar-refractivity contribution in [3.63, 3.8) is 0 Å². The van der Waals surface area contributed by atoms with Gasteiger partial charge in [-0.25, -0.2) is 0 Å². The molecule has 0 amide bonds. The maximum Gasteiger partial charge on any atom is 0.304 e. The summed E-state index contributed by atoms with van der Waals surface area (Å²) in [5.41, 5.74) is -0.120. The topological polar surface area (TPSA) is 80.3 Å². The van der Waals surface area contributed by atoms with E-state index in [-0.39, 0.29) is 18.1 Å². The molecule has 1 unspecified atom stereocenters. The molecule has 0 N–H and O–H groups in total. The molecule has 3 aromatic carbocycles. The zero-order valence-corrected chi connectivity index (χ0v) is 25.2. The van der Waals surface area contributed by atoms with Gasteiger partial charge in [0.15, 0.2) is 6.10 Å². The van der Waals surface area contributed by atoms with Crippen molar-refractivity contribution in [3.05, 3.63) is 96.6 Å². The molecule has 0 spiro atoms. The molecule has 0 bridgehead atoms. The maximum absolute atomic E-state index is 12.4. The molecule has 216 valence electrons. The van der Waals surface area contributed by atoms with Crippen LogP contribution in [-0.2, 0) is 38.6 Å². The van der Waals surface area contributed by atoms with Gasteiger partial charge < -0.3 is 23.4 Å². The standard InChI is InChI=1S/C33H38O7Si/c1-23(34)37-29-21-33(25-15-9-6-10-16-25)31(39-29)30(38-24(2)35)28(40-33)22-36-41(32(3,4)5,26-17-11-7-12-18-26)27-19-13-8-14-20-27/h6-20,28-31H,21-22H2,1-5H3/t28-,29?,30-,31-,33-/m1/s1. The molecule has 2 heterocycles. The first-order valence-electron chi connectivity index (χ1n) is 14.0. The summed E-state index contributed by atoms with van der Waals surface area (Å²) in [4.78, 5) is 24.2. The van der Waals surface area contributed by atoms with Gasteiger partial charge in [0.2, 0.25) is 6.29 Å². The maximum atomic E-state index is 12.4. The Morgan fingerprint density at radius 3 is 1.83 bits per heavy atom. The second-order valence-corrected chi connectivity index (χ2v) is 16.1. The van der Waals surface area contributed by atoms with Gasteiger partial charge in [-0.1, -0.05) is 112 Å². The van der Waals surface area contributed by atoms with Crippen LogP contribution in [0.15, 0.2) is 91.0 Å². The fourth-order valence-corrected chi connectivity index (χ4v) is 11.0. The normalized spacial score (nSPS) is 25.9. The van der Waals surface area contributed by atoms with Gasteiger partial charge in [-0.05, 0) is 21.0 Å². The molecule has 8 heteroatoms. The molecule has 41 heavy (non-hydrogen) atoms. The monoisotopic (exact) mass is 574 g/mol. The number of esters is 2. The van der Waals surface area contributed by atoms with Crippen molar-refractivity contribution in [2.45, 2.75) is 76.3 Å². The van der Waals surface area contributed by atoms with E-state index in [1.807, 2.05) is 66.7 Å². The highest BCUT2D eigenvalue weighted by molar-refractivity contribution is 6.99. The third kappa shape index (κ3) is 5.49. The Hall–Kier alpha value is -3.30. The van der Waals surface area contributed by atoms with E-state index in [0.29, 0.717) is 0 Å². The Balaban J connectivity index is 1.55. The first-order chi connectivity index (χ1) is 19.6. The average molecular weight is 575 g/mol. The predicted molar refractivity (Wildman–Crippen MR) is 157 cm³/mol. The molecule has 7 nitrogen and oxygen atoms in total. The van der Waals surface area contributed by atoms with E-state index in [0.717, 1.165) is 15.9 Å². The van der Waals surface area contributed by atoms with Crippen molar-refractivity contribution >= 4 is 30.6 Å². The van der Waals surface area contributed by atoms with Gasteiger partial charge in [0.25, 0.3) is 8.32 Å². The Morgan fingerprint density at radius 2 is 1.34 bits per heavy atom. The fraction of sp³-hybridized carbons (Fsp3) is 0.394. The molecule has 0 aliphatic carbocycles. The second-order valence-electron chi connectivity index (χ2n) is 11.8. The number of hydrogen-bond donors (Lipinski definition) is 0. The minimum absolute atomic E-state index is 0.178. The van der Waals surface area contributed by atoms with Crippen molar-refractivity contribution in [1.82, 2.24) is 0 Å². The molecule has 5 atom stereocenters. The Bertz CT molecular complexity index is 1300. The molecule has 2 saturated heterocycles. The minimum atomic E-state index is -2.89. The van der Waals surface area contributed by atoms with Gasteiger partial charge in [0.1, 0.15) is 17.8 Å². The summed E-state index contributed by atoms with van der Waals surface area (Å²) in [5.74, 6) is -0.897. The van der Waals surface area contributed by atoms with E-state index in [2.05, 4.69) is 45.0 Å². The Kier molecular flexibility index (Phi) is 8.21. The summed E-state index contributed by atoms with van der Waals surface area (Å²) < 4.78 is 31.7. The van der Waals surface area contributed by atoms with E-state index in [4.69, 9.17) is 23.4 Å². The molecule has 2 aliphatic heterocycles. The summed E-state index contributed by atoms with van der Waals surface area (Å²) in [7, 11) is -2.89. The average Bonchev–Trinajstić information content (AvgIpc) is 3.43. The summed E-state index contributed by atoms with van der Waals surface area (Å²) in [6.07, 6.45) is -2.63. The lowest BCUT2D eigenvalue weighted by molar-refractivity contribution is -0.186. The van der Waals surface area contributed by atoms with Crippen molar-refractivity contribution in [2.24, 2.45) is 0 Å². The van der Waals surface area contributed by atoms with Crippen LogP contribution in [0.2, 0.25) is 5.04 Å². The van der Waals surface area contributed by atoms with E-state index in [1.165, 1.54) is 13.8 Å². The summed E-state index contributed by atoms with van der Waals surface area (Å²) in [6.45, 7) is 9.54.